The summed E-state index contributed by atoms with van der Waals surface area (Å²) in [5.41, 5.74) is 6.36. The fourth-order valence-corrected chi connectivity index (χ4v) is 5.57. The Kier molecular flexibility index (Phi) is 6.74. The summed E-state index contributed by atoms with van der Waals surface area (Å²) in [6.45, 7) is 2.11. The summed E-state index contributed by atoms with van der Waals surface area (Å²) in [6, 6.07) is 16.5. The van der Waals surface area contributed by atoms with Gasteiger partial charge in [-0.2, -0.15) is 4.31 Å². The first-order valence-electron chi connectivity index (χ1n) is 8.96. The molecule has 0 aliphatic carbocycles. The summed E-state index contributed by atoms with van der Waals surface area (Å²) in [7, 11) is -3.80. The molecule has 29 heavy (non-hydrogen) atoms. The predicted octanol–water partition coefficient (Wildman–Crippen LogP) is 4.32. The Bertz CT molecular complexity index is 1060. The first-order valence-corrected chi connectivity index (χ1v) is 11.7. The van der Waals surface area contributed by atoms with Crippen molar-refractivity contribution in [3.8, 4) is 0 Å². The van der Waals surface area contributed by atoms with Gasteiger partial charge in [0.1, 0.15) is 0 Å². The van der Waals surface area contributed by atoms with Crippen molar-refractivity contribution < 1.29 is 13.2 Å². The molecule has 152 valence electrons. The number of thiophene rings is 1. The quantitative estimate of drug-likeness (QED) is 0.557. The molecule has 3 rings (SSSR count). The largest absolute Gasteiger partial charge is 0.366 e. The van der Waals surface area contributed by atoms with Crippen LogP contribution in [0, 0.1) is 0 Å². The van der Waals surface area contributed by atoms with Crippen LogP contribution < -0.4 is 5.73 Å². The molecule has 2 N–H and O–H groups in total. The van der Waals surface area contributed by atoms with E-state index in [9.17, 15) is 13.2 Å². The number of nitrogens with zero attached hydrogens (tertiary/aromatic N) is 1. The van der Waals surface area contributed by atoms with E-state index in [2.05, 4.69) is 0 Å². The molecule has 1 heterocycles. The van der Waals surface area contributed by atoms with Gasteiger partial charge in [0.15, 0.2) is 0 Å². The third kappa shape index (κ3) is 5.25. The van der Waals surface area contributed by atoms with Crippen LogP contribution in [0.1, 0.15) is 27.7 Å². The number of primary amides is 1. The minimum absolute atomic E-state index is 0.120. The van der Waals surface area contributed by atoms with Crippen molar-refractivity contribution >= 4 is 38.9 Å². The predicted molar refractivity (Wildman–Crippen MR) is 117 cm³/mol. The summed E-state index contributed by atoms with van der Waals surface area (Å²) in [6.07, 6.45) is 0.601. The Morgan fingerprint density at radius 2 is 1.76 bits per heavy atom. The molecule has 0 saturated heterocycles. The van der Waals surface area contributed by atoms with Gasteiger partial charge in [0.25, 0.3) is 0 Å². The zero-order valence-electron chi connectivity index (χ0n) is 15.8. The van der Waals surface area contributed by atoms with Crippen molar-refractivity contribution in [2.45, 2.75) is 30.8 Å². The van der Waals surface area contributed by atoms with E-state index in [0.29, 0.717) is 11.4 Å². The van der Waals surface area contributed by atoms with Crippen molar-refractivity contribution in [3.05, 3.63) is 87.1 Å². The van der Waals surface area contributed by atoms with Crippen molar-refractivity contribution in [1.82, 2.24) is 4.31 Å². The molecule has 0 aliphatic rings. The van der Waals surface area contributed by atoms with Crippen LogP contribution in [0.5, 0.6) is 0 Å². The Balaban J connectivity index is 1.95. The average Bonchev–Trinajstić information content (AvgIpc) is 3.20. The molecule has 0 aliphatic heterocycles. The van der Waals surface area contributed by atoms with Gasteiger partial charge in [-0.3, -0.25) is 4.79 Å². The summed E-state index contributed by atoms with van der Waals surface area (Å²) in [5.74, 6) is -0.599. The van der Waals surface area contributed by atoms with Crippen LogP contribution in [0.25, 0.3) is 0 Å². The van der Waals surface area contributed by atoms with Crippen LogP contribution in [0.3, 0.4) is 0 Å². The van der Waals surface area contributed by atoms with Crippen LogP contribution >= 0.6 is 22.9 Å². The van der Waals surface area contributed by atoms with E-state index in [1.54, 1.807) is 23.5 Å². The lowest BCUT2D eigenvalue weighted by Gasteiger charge is -2.28. The second kappa shape index (κ2) is 9.09. The molecule has 2 aromatic carbocycles. The van der Waals surface area contributed by atoms with Crippen molar-refractivity contribution in [2.24, 2.45) is 5.73 Å². The molecule has 0 radical (unpaired) electrons. The number of amides is 1. The topological polar surface area (TPSA) is 80.5 Å². The molecule has 0 fully saturated rings. The molecule has 0 spiro atoms. The standard InChI is InChI=1S/C21H21ClN2O3S2/c1-15(13-19-3-2-12-28-19)24(14-16-4-8-18(22)9-5-16)29(26,27)20-10-6-17(7-11-20)21(23)25/h2-12,15H,13-14H2,1H3,(H2,23,25). The van der Waals surface area contributed by atoms with Crippen LogP contribution in [-0.2, 0) is 23.0 Å². The first-order chi connectivity index (χ1) is 13.8. The van der Waals surface area contributed by atoms with Crippen LogP contribution in [0.2, 0.25) is 5.02 Å². The van der Waals surface area contributed by atoms with E-state index in [4.69, 9.17) is 17.3 Å². The minimum Gasteiger partial charge on any atom is -0.366 e. The summed E-state index contributed by atoms with van der Waals surface area (Å²) < 4.78 is 28.4. The molecule has 1 aromatic heterocycles. The number of rotatable bonds is 8. The van der Waals surface area contributed by atoms with E-state index >= 15 is 0 Å². The highest BCUT2D eigenvalue weighted by Gasteiger charge is 2.29. The lowest BCUT2D eigenvalue weighted by molar-refractivity contribution is 0.1000. The van der Waals surface area contributed by atoms with Gasteiger partial charge in [-0.05, 0) is 66.8 Å². The minimum atomic E-state index is -3.80. The molecule has 1 atom stereocenters. The van der Waals surface area contributed by atoms with Crippen LogP contribution in [0.4, 0.5) is 0 Å². The van der Waals surface area contributed by atoms with E-state index in [1.165, 1.54) is 28.6 Å². The van der Waals surface area contributed by atoms with E-state index in [0.717, 1.165) is 10.4 Å². The number of nitrogens with two attached hydrogens (primary N) is 1. The summed E-state index contributed by atoms with van der Waals surface area (Å²) in [5, 5.41) is 2.57. The van der Waals surface area contributed by atoms with Gasteiger partial charge in [0, 0.05) is 28.0 Å². The van der Waals surface area contributed by atoms with Crippen molar-refractivity contribution in [3.63, 3.8) is 0 Å². The fourth-order valence-electron chi connectivity index (χ4n) is 3.00. The third-order valence-corrected chi connectivity index (χ3v) is 7.69. The fraction of sp³-hybridized carbons (Fsp3) is 0.190. The van der Waals surface area contributed by atoms with Gasteiger partial charge in [0.05, 0.1) is 4.90 Å². The number of carbonyl (C=O) groups excluding carboxylic acids is 1. The number of hydrogen-bond donors (Lipinski definition) is 1. The summed E-state index contributed by atoms with van der Waals surface area (Å²) in [4.78, 5) is 12.5. The van der Waals surface area contributed by atoms with Crippen molar-refractivity contribution in [2.75, 3.05) is 0 Å². The van der Waals surface area contributed by atoms with E-state index in [-0.39, 0.29) is 23.0 Å². The highest BCUT2D eigenvalue weighted by molar-refractivity contribution is 7.89. The van der Waals surface area contributed by atoms with Gasteiger partial charge in [0.2, 0.25) is 15.9 Å². The highest BCUT2D eigenvalue weighted by atomic mass is 35.5. The number of sulfonamides is 1. The number of benzene rings is 2. The zero-order valence-corrected chi connectivity index (χ0v) is 18.2. The molecule has 1 unspecified atom stereocenters. The summed E-state index contributed by atoms with van der Waals surface area (Å²) >= 11 is 7.56. The Labute approximate surface area is 179 Å². The Morgan fingerprint density at radius 1 is 1.10 bits per heavy atom. The maximum Gasteiger partial charge on any atom is 0.248 e. The maximum atomic E-state index is 13.4. The number of hydrogen-bond acceptors (Lipinski definition) is 4. The third-order valence-electron chi connectivity index (χ3n) is 4.57. The lowest BCUT2D eigenvalue weighted by Crippen LogP contribution is -2.39. The van der Waals surface area contributed by atoms with E-state index < -0.39 is 15.9 Å². The van der Waals surface area contributed by atoms with Crippen LogP contribution in [-0.4, -0.2) is 24.7 Å². The molecule has 0 bridgehead atoms. The molecular formula is C21H21ClN2O3S2. The molecule has 3 aromatic rings. The second-order valence-electron chi connectivity index (χ2n) is 6.70. The van der Waals surface area contributed by atoms with Gasteiger partial charge in [-0.1, -0.05) is 29.8 Å². The normalized spacial score (nSPS) is 12.8. The van der Waals surface area contributed by atoms with Gasteiger partial charge < -0.3 is 5.73 Å². The van der Waals surface area contributed by atoms with Crippen LogP contribution in [0.15, 0.2) is 70.9 Å². The smallest absolute Gasteiger partial charge is 0.248 e. The van der Waals surface area contributed by atoms with Gasteiger partial charge >= 0.3 is 0 Å². The molecule has 0 saturated carbocycles. The maximum absolute atomic E-state index is 13.4. The molecule has 8 heteroatoms. The number of carbonyl (C=O) groups is 1. The SMILES string of the molecule is CC(Cc1cccs1)N(Cc1ccc(Cl)cc1)S(=O)(=O)c1ccc(C(N)=O)cc1. The monoisotopic (exact) mass is 448 g/mol. The number of halogens is 1. The Hall–Kier alpha value is -2.19. The average molecular weight is 449 g/mol. The highest BCUT2D eigenvalue weighted by Crippen LogP contribution is 2.25. The van der Waals surface area contributed by atoms with Crippen molar-refractivity contribution in [1.29, 1.82) is 0 Å². The van der Waals surface area contributed by atoms with Gasteiger partial charge in [-0.15, -0.1) is 11.3 Å². The van der Waals surface area contributed by atoms with E-state index in [1.807, 2.05) is 36.6 Å². The second-order valence-corrected chi connectivity index (χ2v) is 10.1. The zero-order chi connectivity index (χ0) is 21.0. The lowest BCUT2D eigenvalue weighted by atomic mass is 10.1. The van der Waals surface area contributed by atoms with Gasteiger partial charge in [-0.25, -0.2) is 8.42 Å². The molecule has 5 nitrogen and oxygen atoms in total. The Morgan fingerprint density at radius 3 is 2.31 bits per heavy atom. The first kappa shape index (κ1) is 21.5. The molecule has 1 amide bonds. The molecular weight excluding hydrogens is 428 g/mol.